The van der Waals surface area contributed by atoms with Crippen LogP contribution in [0.5, 0.6) is 5.75 Å². The Morgan fingerprint density at radius 1 is 0.625 bits per heavy atom. The monoisotopic (exact) mass is 334 g/mol. The van der Waals surface area contributed by atoms with Crippen LogP contribution in [0.15, 0.2) is 24.3 Å². The molecule has 24 heavy (non-hydrogen) atoms. The molecule has 0 unspecified atom stereocenters. The van der Waals surface area contributed by atoms with E-state index in [0.717, 1.165) is 18.8 Å². The number of aryl methyl sites for hydroxylation is 1. The molecule has 0 atom stereocenters. The minimum Gasteiger partial charge on any atom is -0.491 e. The quantitative estimate of drug-likeness (QED) is 0.318. The molecule has 1 rings (SSSR count). The Balaban J connectivity index is 2.02. The van der Waals surface area contributed by atoms with Gasteiger partial charge in [-0.25, -0.2) is 0 Å². The summed E-state index contributed by atoms with van der Waals surface area (Å²) in [6, 6.07) is 8.59. The van der Waals surface area contributed by atoms with Crippen molar-refractivity contribution in [2.24, 2.45) is 0 Å². The minimum atomic E-state index is 0.642. The topological polar surface area (TPSA) is 18.5 Å². The van der Waals surface area contributed by atoms with E-state index in [9.17, 15) is 0 Å². The molecule has 0 aliphatic carbocycles. The lowest BCUT2D eigenvalue weighted by Gasteiger charge is -2.08. The largest absolute Gasteiger partial charge is 0.491 e. The molecule has 0 saturated carbocycles. The van der Waals surface area contributed by atoms with Crippen LogP contribution in [0.25, 0.3) is 0 Å². The Morgan fingerprint density at radius 3 is 1.96 bits per heavy atom. The molecule has 0 fully saturated rings. The van der Waals surface area contributed by atoms with E-state index in [4.69, 9.17) is 9.47 Å². The van der Waals surface area contributed by atoms with E-state index in [2.05, 4.69) is 38.1 Å². The zero-order valence-corrected chi connectivity index (χ0v) is 16.0. The Labute approximate surface area is 149 Å². The first kappa shape index (κ1) is 21.0. The van der Waals surface area contributed by atoms with E-state index in [1.54, 1.807) is 0 Å². The molecular formula is C22H38O2. The van der Waals surface area contributed by atoms with Gasteiger partial charge < -0.3 is 9.47 Å². The summed E-state index contributed by atoms with van der Waals surface area (Å²) in [6.45, 7) is 6.66. The second-order valence-corrected chi connectivity index (χ2v) is 6.68. The average molecular weight is 335 g/mol. The molecule has 1 aromatic carbocycles. The Bertz CT molecular complexity index is 335. The van der Waals surface area contributed by atoms with Gasteiger partial charge in [-0.15, -0.1) is 0 Å². The van der Waals surface area contributed by atoms with Crippen LogP contribution >= 0.6 is 0 Å². The van der Waals surface area contributed by atoms with Crippen molar-refractivity contribution in [1.29, 1.82) is 0 Å². The summed E-state index contributed by atoms with van der Waals surface area (Å²) in [5.41, 5.74) is 1.42. The third-order valence-corrected chi connectivity index (χ3v) is 4.38. The maximum Gasteiger partial charge on any atom is 0.119 e. The van der Waals surface area contributed by atoms with Gasteiger partial charge in [-0.1, -0.05) is 77.3 Å². The maximum absolute atomic E-state index is 5.72. The highest BCUT2D eigenvalue weighted by atomic mass is 16.5. The van der Waals surface area contributed by atoms with Gasteiger partial charge in [-0.2, -0.15) is 0 Å². The molecule has 0 spiro atoms. The van der Waals surface area contributed by atoms with Gasteiger partial charge >= 0.3 is 0 Å². The fourth-order valence-electron chi connectivity index (χ4n) is 2.81. The lowest BCUT2D eigenvalue weighted by Crippen LogP contribution is -2.07. The fourth-order valence-corrected chi connectivity index (χ4v) is 2.81. The van der Waals surface area contributed by atoms with Crippen molar-refractivity contribution in [2.45, 2.75) is 84.5 Å². The highest BCUT2D eigenvalue weighted by Gasteiger charge is 1.97. The Hall–Kier alpha value is -1.02. The zero-order valence-electron chi connectivity index (χ0n) is 16.0. The van der Waals surface area contributed by atoms with Gasteiger partial charge in [0.2, 0.25) is 0 Å². The van der Waals surface area contributed by atoms with Gasteiger partial charge in [0, 0.05) is 6.61 Å². The van der Waals surface area contributed by atoms with E-state index in [0.29, 0.717) is 13.2 Å². The van der Waals surface area contributed by atoms with E-state index in [1.165, 1.54) is 69.8 Å². The molecular weight excluding hydrogens is 296 g/mol. The molecule has 1 aromatic rings. The van der Waals surface area contributed by atoms with Crippen molar-refractivity contribution in [1.82, 2.24) is 0 Å². The summed E-state index contributed by atoms with van der Waals surface area (Å²) in [5.74, 6) is 0.954. The lowest BCUT2D eigenvalue weighted by molar-refractivity contribution is 0.0973. The molecule has 0 radical (unpaired) electrons. The van der Waals surface area contributed by atoms with Crippen LogP contribution in [-0.2, 0) is 11.2 Å². The van der Waals surface area contributed by atoms with E-state index in [-0.39, 0.29) is 0 Å². The van der Waals surface area contributed by atoms with Gasteiger partial charge in [0.05, 0.1) is 6.61 Å². The van der Waals surface area contributed by atoms with Gasteiger partial charge in [0.1, 0.15) is 12.4 Å². The summed E-state index contributed by atoms with van der Waals surface area (Å²) in [7, 11) is 0. The Morgan fingerprint density at radius 2 is 1.25 bits per heavy atom. The highest BCUT2D eigenvalue weighted by molar-refractivity contribution is 5.27. The van der Waals surface area contributed by atoms with Crippen LogP contribution in [0.2, 0.25) is 0 Å². The van der Waals surface area contributed by atoms with Gasteiger partial charge in [-0.3, -0.25) is 0 Å². The minimum absolute atomic E-state index is 0.642. The number of hydrogen-bond donors (Lipinski definition) is 0. The van der Waals surface area contributed by atoms with Crippen molar-refractivity contribution < 1.29 is 9.47 Å². The van der Waals surface area contributed by atoms with Crippen LogP contribution in [0, 0.1) is 0 Å². The number of rotatable bonds is 16. The van der Waals surface area contributed by atoms with E-state index < -0.39 is 0 Å². The van der Waals surface area contributed by atoms with Gasteiger partial charge in [0.15, 0.2) is 0 Å². The second kappa shape index (κ2) is 15.5. The average Bonchev–Trinajstić information content (AvgIpc) is 2.61. The van der Waals surface area contributed by atoms with E-state index in [1.807, 2.05) is 0 Å². The first-order valence-electron chi connectivity index (χ1n) is 10.2. The normalized spacial score (nSPS) is 10.9. The van der Waals surface area contributed by atoms with Crippen molar-refractivity contribution in [2.75, 3.05) is 19.8 Å². The third-order valence-electron chi connectivity index (χ3n) is 4.38. The van der Waals surface area contributed by atoms with Gasteiger partial charge in [0.25, 0.3) is 0 Å². The van der Waals surface area contributed by atoms with Crippen LogP contribution in [0.4, 0.5) is 0 Å². The second-order valence-electron chi connectivity index (χ2n) is 6.68. The van der Waals surface area contributed by atoms with E-state index >= 15 is 0 Å². The van der Waals surface area contributed by atoms with Gasteiger partial charge in [-0.05, 0) is 37.0 Å². The number of ether oxygens (including phenoxy) is 2. The van der Waals surface area contributed by atoms with Crippen molar-refractivity contribution in [3.8, 4) is 5.75 Å². The van der Waals surface area contributed by atoms with Crippen LogP contribution in [0.3, 0.4) is 0 Å². The standard InChI is InChI=1S/C22H38O2/c1-3-5-7-8-9-10-11-13-21-14-16-22(17-15-21)24-20-19-23-18-12-6-4-2/h14-17H,3-13,18-20H2,1-2H3. The summed E-state index contributed by atoms with van der Waals surface area (Å²) in [4.78, 5) is 0. The van der Waals surface area contributed by atoms with Crippen molar-refractivity contribution >= 4 is 0 Å². The summed E-state index contributed by atoms with van der Waals surface area (Å²) in [6.07, 6.45) is 14.4. The number of unbranched alkanes of at least 4 members (excludes halogenated alkanes) is 8. The summed E-state index contributed by atoms with van der Waals surface area (Å²) >= 11 is 0. The molecule has 0 bridgehead atoms. The molecule has 0 aromatic heterocycles. The molecule has 138 valence electrons. The molecule has 0 aliphatic rings. The predicted octanol–water partition coefficient (Wildman–Crippen LogP) is 6.57. The van der Waals surface area contributed by atoms with Crippen molar-refractivity contribution in [3.63, 3.8) is 0 Å². The molecule has 0 amide bonds. The van der Waals surface area contributed by atoms with Crippen molar-refractivity contribution in [3.05, 3.63) is 29.8 Å². The number of benzene rings is 1. The summed E-state index contributed by atoms with van der Waals surface area (Å²) < 4.78 is 11.3. The van der Waals surface area contributed by atoms with Crippen LogP contribution in [-0.4, -0.2) is 19.8 Å². The SMILES string of the molecule is CCCCCCCCCc1ccc(OCCOCCCCC)cc1. The molecule has 2 nitrogen and oxygen atoms in total. The third kappa shape index (κ3) is 11.5. The Kier molecular flexibility index (Phi) is 13.6. The zero-order chi connectivity index (χ0) is 17.3. The predicted molar refractivity (Wildman–Crippen MR) is 104 cm³/mol. The highest BCUT2D eigenvalue weighted by Crippen LogP contribution is 2.15. The maximum atomic E-state index is 5.72. The molecule has 2 heteroatoms. The molecule has 0 heterocycles. The number of hydrogen-bond acceptors (Lipinski definition) is 2. The first-order chi connectivity index (χ1) is 11.9. The first-order valence-corrected chi connectivity index (χ1v) is 10.2. The molecule has 0 aliphatic heterocycles. The van der Waals surface area contributed by atoms with Crippen LogP contribution in [0.1, 0.15) is 83.6 Å². The van der Waals surface area contributed by atoms with Crippen LogP contribution < -0.4 is 4.74 Å². The summed E-state index contributed by atoms with van der Waals surface area (Å²) in [5, 5.41) is 0. The lowest BCUT2D eigenvalue weighted by atomic mass is 10.0. The smallest absolute Gasteiger partial charge is 0.119 e. The fraction of sp³-hybridized carbons (Fsp3) is 0.727. The molecule has 0 N–H and O–H groups in total. The molecule has 0 saturated heterocycles.